The van der Waals surface area contributed by atoms with Gasteiger partial charge in [-0.2, -0.15) is 18.3 Å². The van der Waals surface area contributed by atoms with Crippen molar-refractivity contribution in [1.82, 2.24) is 5.43 Å². The van der Waals surface area contributed by atoms with Gasteiger partial charge in [0.1, 0.15) is 11.5 Å². The van der Waals surface area contributed by atoms with Crippen molar-refractivity contribution in [2.24, 2.45) is 16.9 Å². The van der Waals surface area contributed by atoms with E-state index >= 15 is 0 Å². The first-order valence-corrected chi connectivity index (χ1v) is 8.85. The van der Waals surface area contributed by atoms with Gasteiger partial charge in [-0.1, -0.05) is 35.9 Å². The van der Waals surface area contributed by atoms with Crippen LogP contribution in [0.5, 0.6) is 0 Å². The Labute approximate surface area is 154 Å². The zero-order valence-corrected chi connectivity index (χ0v) is 14.9. The molecule has 0 bridgehead atoms. The van der Waals surface area contributed by atoms with Crippen LogP contribution in [0.15, 0.2) is 51.8 Å². The number of nitrogens with zero attached hydrogens (tertiary/aromatic N) is 1. The van der Waals surface area contributed by atoms with Crippen LogP contribution >= 0.6 is 11.6 Å². The Morgan fingerprint density at radius 1 is 1.35 bits per heavy atom. The number of rotatable bonds is 4. The molecule has 0 aromatic heterocycles. The molecular formula is C18H20ClF3N2O2. The molecule has 142 valence electrons. The fourth-order valence-electron chi connectivity index (χ4n) is 3.59. The zero-order valence-electron chi connectivity index (χ0n) is 14.1. The average Bonchev–Trinajstić information content (AvgIpc) is 3.01. The number of allylic oxidation sites excluding steroid dienone is 4. The second-order valence-corrected chi connectivity index (χ2v) is 6.87. The molecule has 4 atom stereocenters. The number of ether oxygens (including phenoxy) is 1. The number of hydrogen-bond donors (Lipinski definition) is 2. The molecule has 3 rings (SSSR count). The summed E-state index contributed by atoms with van der Waals surface area (Å²) in [6.07, 6.45) is 4.17. The van der Waals surface area contributed by atoms with Gasteiger partial charge in [-0.25, -0.2) is 0 Å². The number of aliphatic hydroxyl groups excluding tert-OH is 1. The Hall–Kier alpha value is -1.73. The lowest BCUT2D eigenvalue weighted by molar-refractivity contribution is -0.0630. The van der Waals surface area contributed by atoms with Crippen molar-refractivity contribution in [3.8, 4) is 0 Å². The molecule has 4 unspecified atom stereocenters. The van der Waals surface area contributed by atoms with E-state index in [1.54, 1.807) is 30.4 Å². The first-order chi connectivity index (χ1) is 12.3. The third kappa shape index (κ3) is 3.83. The third-order valence-corrected chi connectivity index (χ3v) is 5.05. The summed E-state index contributed by atoms with van der Waals surface area (Å²) in [5.41, 5.74) is 2.15. The molecule has 26 heavy (non-hydrogen) atoms. The molecule has 2 aliphatic carbocycles. The summed E-state index contributed by atoms with van der Waals surface area (Å²) in [7, 11) is 0. The van der Waals surface area contributed by atoms with E-state index < -0.39 is 29.8 Å². The quantitative estimate of drug-likeness (QED) is 0.752. The van der Waals surface area contributed by atoms with E-state index in [1.807, 2.05) is 6.92 Å². The number of aliphatic hydroxyl groups is 1. The molecule has 0 aromatic carbocycles. The number of hydrazone groups is 1. The number of hydrogen-bond acceptors (Lipinski definition) is 4. The van der Waals surface area contributed by atoms with Crippen LogP contribution in [0.4, 0.5) is 13.2 Å². The monoisotopic (exact) mass is 388 g/mol. The third-order valence-electron chi connectivity index (χ3n) is 4.77. The number of halogens is 4. The van der Waals surface area contributed by atoms with E-state index in [1.165, 1.54) is 0 Å². The van der Waals surface area contributed by atoms with Crippen molar-refractivity contribution in [3.05, 3.63) is 46.7 Å². The minimum absolute atomic E-state index is 0.0282. The predicted octanol–water partition coefficient (Wildman–Crippen LogP) is 4.37. The second-order valence-electron chi connectivity index (χ2n) is 6.43. The van der Waals surface area contributed by atoms with Gasteiger partial charge < -0.3 is 15.3 Å². The lowest BCUT2D eigenvalue weighted by atomic mass is 9.76. The van der Waals surface area contributed by atoms with E-state index in [0.717, 1.165) is 0 Å². The highest BCUT2D eigenvalue weighted by Crippen LogP contribution is 2.40. The van der Waals surface area contributed by atoms with E-state index in [0.29, 0.717) is 23.6 Å². The molecule has 0 radical (unpaired) electrons. The maximum Gasteiger partial charge on any atom is 0.431 e. The first kappa shape index (κ1) is 19.0. The first-order valence-electron chi connectivity index (χ1n) is 8.47. The molecule has 1 aliphatic heterocycles. The molecule has 0 amide bonds. The predicted molar refractivity (Wildman–Crippen MR) is 93.9 cm³/mol. The molecule has 8 heteroatoms. The van der Waals surface area contributed by atoms with Crippen molar-refractivity contribution in [2.45, 2.75) is 38.1 Å². The van der Waals surface area contributed by atoms with Gasteiger partial charge >= 0.3 is 6.18 Å². The van der Waals surface area contributed by atoms with Gasteiger partial charge in [0.05, 0.1) is 12.1 Å². The van der Waals surface area contributed by atoms with Crippen LogP contribution in [0.1, 0.15) is 19.8 Å². The standard InChI is InChI=1S/C18H20ClF3N2O2/c1-2-26-12-7-8-13(14(25)9-12)16-15(10-3-5-11(19)6-4-10)17(24-23-16)18(20,21)22/h3,5-8,10,12,15-16,23,25H,2,4,9H2,1H3. The molecule has 0 fully saturated rings. The number of nitrogens with one attached hydrogen (secondary N) is 1. The van der Waals surface area contributed by atoms with Gasteiger partial charge in [0.25, 0.3) is 0 Å². The van der Waals surface area contributed by atoms with Gasteiger partial charge in [0.15, 0.2) is 0 Å². The van der Waals surface area contributed by atoms with Crippen molar-refractivity contribution >= 4 is 17.3 Å². The van der Waals surface area contributed by atoms with Gasteiger partial charge in [-0.15, -0.1) is 0 Å². The highest BCUT2D eigenvalue weighted by atomic mass is 35.5. The van der Waals surface area contributed by atoms with E-state index in [-0.39, 0.29) is 18.3 Å². The molecule has 4 nitrogen and oxygen atoms in total. The van der Waals surface area contributed by atoms with E-state index in [4.69, 9.17) is 16.3 Å². The summed E-state index contributed by atoms with van der Waals surface area (Å²) in [6, 6.07) is -0.759. The van der Waals surface area contributed by atoms with Crippen LogP contribution in [0.25, 0.3) is 0 Å². The molecule has 0 aromatic rings. The van der Waals surface area contributed by atoms with E-state index in [2.05, 4.69) is 10.5 Å². The summed E-state index contributed by atoms with van der Waals surface area (Å²) >= 11 is 5.90. The zero-order chi connectivity index (χ0) is 18.9. The lowest BCUT2D eigenvalue weighted by Crippen LogP contribution is -2.41. The van der Waals surface area contributed by atoms with E-state index in [9.17, 15) is 18.3 Å². The smallest absolute Gasteiger partial charge is 0.431 e. The van der Waals surface area contributed by atoms with Crippen LogP contribution in [-0.2, 0) is 4.74 Å². The maximum atomic E-state index is 13.5. The normalized spacial score (nSPS) is 31.7. The Morgan fingerprint density at radius 3 is 2.69 bits per heavy atom. The molecule has 0 saturated heterocycles. The molecular weight excluding hydrogens is 369 g/mol. The fraction of sp³-hybridized carbons (Fsp3) is 0.500. The fourth-order valence-corrected chi connectivity index (χ4v) is 3.75. The topological polar surface area (TPSA) is 53.8 Å². The Balaban J connectivity index is 1.88. The SMILES string of the molecule is CCOC1C=CC(C2NN=C(C(F)(F)F)C2C2C=CC(Cl)=CC2)=C(O)C1. The van der Waals surface area contributed by atoms with Crippen LogP contribution in [0.3, 0.4) is 0 Å². The Bertz CT molecular complexity index is 710. The number of alkyl halides is 3. The average molecular weight is 389 g/mol. The minimum atomic E-state index is -4.55. The summed E-state index contributed by atoms with van der Waals surface area (Å²) in [6.45, 7) is 2.33. The van der Waals surface area contributed by atoms with Gasteiger partial charge in [0, 0.05) is 29.6 Å². The molecule has 0 spiro atoms. The highest BCUT2D eigenvalue weighted by molar-refractivity contribution is 6.31. The molecule has 1 heterocycles. The maximum absolute atomic E-state index is 13.5. The van der Waals surface area contributed by atoms with Crippen LogP contribution in [-0.4, -0.2) is 35.7 Å². The molecule has 0 saturated carbocycles. The van der Waals surface area contributed by atoms with Gasteiger partial charge in [-0.3, -0.25) is 0 Å². The molecule has 2 N–H and O–H groups in total. The second kappa shape index (κ2) is 7.48. The summed E-state index contributed by atoms with van der Waals surface area (Å²) in [4.78, 5) is 0. The van der Waals surface area contributed by atoms with Crippen LogP contribution < -0.4 is 5.43 Å². The van der Waals surface area contributed by atoms with Gasteiger partial charge in [-0.05, 0) is 25.3 Å². The lowest BCUT2D eigenvalue weighted by Gasteiger charge is -2.31. The summed E-state index contributed by atoms with van der Waals surface area (Å²) in [5.74, 6) is -1.34. The Morgan fingerprint density at radius 2 is 2.12 bits per heavy atom. The van der Waals surface area contributed by atoms with Crippen molar-refractivity contribution in [1.29, 1.82) is 0 Å². The minimum Gasteiger partial charge on any atom is -0.512 e. The van der Waals surface area contributed by atoms with Crippen LogP contribution in [0, 0.1) is 11.8 Å². The molecule has 3 aliphatic rings. The van der Waals surface area contributed by atoms with Crippen molar-refractivity contribution in [2.75, 3.05) is 6.61 Å². The Kier molecular flexibility index (Phi) is 5.48. The van der Waals surface area contributed by atoms with Gasteiger partial charge in [0.2, 0.25) is 0 Å². The summed E-state index contributed by atoms with van der Waals surface area (Å²) < 4.78 is 45.9. The highest BCUT2D eigenvalue weighted by Gasteiger charge is 2.51. The summed E-state index contributed by atoms with van der Waals surface area (Å²) in [5, 5.41) is 14.5. The van der Waals surface area contributed by atoms with Crippen molar-refractivity contribution in [3.63, 3.8) is 0 Å². The van der Waals surface area contributed by atoms with Crippen molar-refractivity contribution < 1.29 is 23.0 Å². The van der Waals surface area contributed by atoms with Crippen LogP contribution in [0.2, 0.25) is 0 Å². The largest absolute Gasteiger partial charge is 0.512 e.